The Morgan fingerprint density at radius 1 is 0.567 bits per heavy atom. The van der Waals surface area contributed by atoms with Gasteiger partial charge in [0.15, 0.2) is 0 Å². The lowest BCUT2D eigenvalue weighted by molar-refractivity contribution is -0.117. The third-order valence-corrected chi connectivity index (χ3v) is 10.6. The summed E-state index contributed by atoms with van der Waals surface area (Å²) in [6, 6.07) is 20.5. The number of carbonyl (C=O) groups excluding carboxylic acids is 2. The number of nitrogens with zero attached hydrogens (tertiary/aromatic N) is 6. The van der Waals surface area contributed by atoms with Crippen LogP contribution in [-0.2, 0) is 22.7 Å². The smallest absolute Gasteiger partial charge is 0.261 e. The minimum Gasteiger partial charge on any atom is -0.351 e. The van der Waals surface area contributed by atoms with Crippen molar-refractivity contribution in [3.63, 3.8) is 0 Å². The van der Waals surface area contributed by atoms with E-state index >= 15 is 0 Å². The van der Waals surface area contributed by atoms with Crippen molar-refractivity contribution in [2.45, 2.75) is 117 Å². The molecule has 0 atom stereocenters. The number of para-hydroxylation sites is 2. The Morgan fingerprint density at radius 2 is 0.933 bits per heavy atom. The first kappa shape index (κ1) is 49.2. The highest BCUT2D eigenvalue weighted by molar-refractivity contribution is 6.05. The summed E-state index contributed by atoms with van der Waals surface area (Å²) in [6.45, 7) is 9.49. The van der Waals surface area contributed by atoms with Crippen molar-refractivity contribution in [2.75, 3.05) is 54.4 Å². The molecule has 0 aliphatic heterocycles. The average Bonchev–Trinajstić information content (AvgIpc) is 3.77. The van der Waals surface area contributed by atoms with Gasteiger partial charge in [0.05, 0.1) is 0 Å². The van der Waals surface area contributed by atoms with Crippen LogP contribution in [0.25, 0.3) is 34.0 Å². The number of hydrogen-bond donors (Lipinski definition) is 2. The van der Waals surface area contributed by atoms with Crippen LogP contribution in [0.3, 0.4) is 0 Å². The first-order valence-electron chi connectivity index (χ1n) is 22.4. The van der Waals surface area contributed by atoms with Crippen LogP contribution in [0.5, 0.6) is 0 Å². The van der Waals surface area contributed by atoms with Gasteiger partial charge in [-0.25, -0.2) is 0 Å². The number of nitrogens with one attached hydrogen (secondary N) is 2. The molecule has 0 aliphatic rings. The average molecular weight is 817 g/mol. The van der Waals surface area contributed by atoms with Gasteiger partial charge < -0.3 is 29.6 Å². The zero-order chi connectivity index (χ0) is 43.5. The number of aryl methyl sites for hydroxylation is 2. The highest BCUT2D eigenvalue weighted by atomic mass is 16.2. The van der Waals surface area contributed by atoms with E-state index in [-0.39, 0.29) is 23.0 Å². The lowest BCUT2D eigenvalue weighted by Crippen LogP contribution is -2.25. The Morgan fingerprint density at radius 3 is 1.30 bits per heavy atom. The molecule has 324 valence electrons. The lowest BCUT2D eigenvalue weighted by Gasteiger charge is -2.10. The van der Waals surface area contributed by atoms with E-state index in [2.05, 4.69) is 108 Å². The molecule has 0 unspecified atom stereocenters. The molecule has 4 aromatic rings. The normalized spacial score (nSPS) is 11.8. The topological polar surface area (TPSA) is 122 Å². The number of amides is 2. The summed E-state index contributed by atoms with van der Waals surface area (Å²) in [5, 5.41) is 27.0. The van der Waals surface area contributed by atoms with Gasteiger partial charge in [0.2, 0.25) is 0 Å². The van der Waals surface area contributed by atoms with Gasteiger partial charge in [-0.15, -0.1) is 0 Å². The highest BCUT2D eigenvalue weighted by Crippen LogP contribution is 2.25. The summed E-state index contributed by atoms with van der Waals surface area (Å²) >= 11 is 0. The quantitative estimate of drug-likeness (QED) is 0.0370. The van der Waals surface area contributed by atoms with Gasteiger partial charge in [0, 0.05) is 71.5 Å². The van der Waals surface area contributed by atoms with Crippen LogP contribution in [-0.4, -0.2) is 85.1 Å². The van der Waals surface area contributed by atoms with Crippen LogP contribution in [0.2, 0.25) is 0 Å². The van der Waals surface area contributed by atoms with E-state index in [0.29, 0.717) is 13.1 Å². The molecule has 0 saturated carbocycles. The molecule has 2 amide bonds. The predicted molar refractivity (Wildman–Crippen MR) is 250 cm³/mol. The van der Waals surface area contributed by atoms with Crippen molar-refractivity contribution in [3.05, 3.63) is 83.2 Å². The number of hydrogen-bond acceptors (Lipinski definition) is 6. The lowest BCUT2D eigenvalue weighted by atomic mass is 10.1. The standard InChI is InChI=1S/2C25H36N4O/c2*1-4-5-6-7-8-11-15-27-25(30)21(19-26)18-22-20-29(17-12-16-28(2)3)24-14-10-9-13-23(22)24/h2*9-10,13-14,18,20H,4-8,11-12,15-17H2,1-3H3,(H,27,30)/b2*21-18+. The molecular formula is C50H72N8O2. The summed E-state index contributed by atoms with van der Waals surface area (Å²) in [6.07, 6.45) is 23.7. The van der Waals surface area contributed by atoms with Gasteiger partial charge in [-0.2, -0.15) is 10.5 Å². The summed E-state index contributed by atoms with van der Waals surface area (Å²) in [4.78, 5) is 29.3. The number of benzene rings is 2. The van der Waals surface area contributed by atoms with Gasteiger partial charge in [-0.3, -0.25) is 9.59 Å². The molecule has 2 aromatic heterocycles. The van der Waals surface area contributed by atoms with E-state index in [9.17, 15) is 20.1 Å². The number of aromatic nitrogens is 2. The van der Waals surface area contributed by atoms with Gasteiger partial charge in [-0.1, -0.05) is 114 Å². The van der Waals surface area contributed by atoms with E-state index in [1.54, 1.807) is 12.2 Å². The molecule has 2 aromatic carbocycles. The van der Waals surface area contributed by atoms with Crippen molar-refractivity contribution in [2.24, 2.45) is 0 Å². The molecule has 0 saturated heterocycles. The summed E-state index contributed by atoms with van der Waals surface area (Å²) in [5.41, 5.74) is 4.43. The molecule has 60 heavy (non-hydrogen) atoms. The van der Waals surface area contributed by atoms with Gasteiger partial charge >= 0.3 is 0 Å². The predicted octanol–water partition coefficient (Wildman–Crippen LogP) is 9.95. The Hall–Kier alpha value is -5.16. The second-order valence-corrected chi connectivity index (χ2v) is 16.3. The second kappa shape index (κ2) is 28.3. The minimum atomic E-state index is -0.282. The van der Waals surface area contributed by atoms with Crippen molar-refractivity contribution in [1.29, 1.82) is 10.5 Å². The fourth-order valence-corrected chi connectivity index (χ4v) is 7.28. The zero-order valence-electron chi connectivity index (χ0n) is 37.6. The van der Waals surface area contributed by atoms with Gasteiger partial charge in [0.25, 0.3) is 11.8 Å². The van der Waals surface area contributed by atoms with E-state index in [1.807, 2.05) is 36.4 Å². The molecule has 10 nitrogen and oxygen atoms in total. The molecule has 0 radical (unpaired) electrons. The first-order valence-corrected chi connectivity index (χ1v) is 22.4. The zero-order valence-corrected chi connectivity index (χ0v) is 37.6. The number of carbonyl (C=O) groups is 2. The Labute approximate surface area is 360 Å². The van der Waals surface area contributed by atoms with Crippen molar-refractivity contribution in [3.8, 4) is 12.1 Å². The fraction of sp³-hybridized carbons (Fsp3) is 0.520. The molecular weight excluding hydrogens is 745 g/mol. The van der Waals surface area contributed by atoms with E-state index in [1.165, 1.54) is 51.4 Å². The fourth-order valence-electron chi connectivity index (χ4n) is 7.28. The second-order valence-electron chi connectivity index (χ2n) is 16.3. The van der Waals surface area contributed by atoms with Crippen LogP contribution >= 0.6 is 0 Å². The van der Waals surface area contributed by atoms with Crippen molar-refractivity contribution in [1.82, 2.24) is 29.6 Å². The summed E-state index contributed by atoms with van der Waals surface area (Å²) in [7, 11) is 8.30. The first-order chi connectivity index (χ1) is 29.1. The van der Waals surface area contributed by atoms with E-state index < -0.39 is 0 Å². The maximum absolute atomic E-state index is 12.5. The number of nitriles is 2. The van der Waals surface area contributed by atoms with Gasteiger partial charge in [-0.05, 0) is 91.2 Å². The maximum Gasteiger partial charge on any atom is 0.261 e. The number of unbranched alkanes of at least 4 members (excludes halogenated alkanes) is 10. The molecule has 0 aliphatic carbocycles. The number of rotatable bonds is 26. The third kappa shape index (κ3) is 17.2. The van der Waals surface area contributed by atoms with Crippen LogP contribution < -0.4 is 10.6 Å². The molecule has 2 N–H and O–H groups in total. The summed E-state index contributed by atoms with van der Waals surface area (Å²) < 4.78 is 4.43. The Kier molecular flexibility index (Phi) is 23.2. The summed E-state index contributed by atoms with van der Waals surface area (Å²) in [5.74, 6) is -0.564. The van der Waals surface area contributed by atoms with Crippen LogP contribution in [0.1, 0.15) is 115 Å². The van der Waals surface area contributed by atoms with Crippen LogP contribution in [0, 0.1) is 22.7 Å². The van der Waals surface area contributed by atoms with E-state index in [4.69, 9.17) is 0 Å². The Balaban J connectivity index is 0.000000320. The molecule has 10 heteroatoms. The van der Waals surface area contributed by atoms with E-state index in [0.717, 1.165) is 97.6 Å². The molecule has 0 bridgehead atoms. The molecule has 0 fully saturated rings. The molecule has 0 spiro atoms. The van der Waals surface area contributed by atoms with Crippen molar-refractivity contribution >= 4 is 45.8 Å². The largest absolute Gasteiger partial charge is 0.351 e. The Bertz CT molecular complexity index is 1890. The molecule has 2 heterocycles. The maximum atomic E-state index is 12.5. The van der Waals surface area contributed by atoms with Crippen LogP contribution in [0.15, 0.2) is 72.1 Å². The monoisotopic (exact) mass is 817 g/mol. The number of fused-ring (bicyclic) bond motifs is 2. The minimum absolute atomic E-state index is 0.164. The highest BCUT2D eigenvalue weighted by Gasteiger charge is 2.14. The molecule has 4 rings (SSSR count). The van der Waals surface area contributed by atoms with Crippen LogP contribution in [0.4, 0.5) is 0 Å². The third-order valence-electron chi connectivity index (χ3n) is 10.6. The SMILES string of the molecule is CCCCCCCCNC(=O)/C(C#N)=C/c1cn(CCCN(C)C)c2ccccc12.CCCCCCCCNC(=O)/C(C#N)=C/c1cn(CCCN(C)C)c2ccccc12. The van der Waals surface area contributed by atoms with Gasteiger partial charge in [0.1, 0.15) is 23.3 Å². The van der Waals surface area contributed by atoms with Crippen molar-refractivity contribution < 1.29 is 9.59 Å².